The molecule has 0 aromatic rings. The largest absolute Gasteiger partial charge is 0.330 e. The highest BCUT2D eigenvalue weighted by molar-refractivity contribution is 4.67. The van der Waals surface area contributed by atoms with Gasteiger partial charge >= 0.3 is 0 Å². The first kappa shape index (κ1) is 35.3. The van der Waals surface area contributed by atoms with Crippen molar-refractivity contribution >= 4 is 0 Å². The predicted octanol–water partition coefficient (Wildman–Crippen LogP) is 5.67. The second kappa shape index (κ2) is 18.8. The standard InChI is InChI=1S/C7H17N.2C6H15N.C5H13N/c1-6(8)5-7(2,3)4;1-6(2,3)4-5-7;1-4-6(2,3)5-7;1-3-4-5(2)6/h6H,5,8H2,1-4H3;2*4-5,7H2,1-3H3;5H,3-4,6H2,1-2H3. The minimum atomic E-state index is 0.343. The van der Waals surface area contributed by atoms with Crippen LogP contribution in [0.4, 0.5) is 0 Å². The van der Waals surface area contributed by atoms with Crippen LogP contribution in [0.5, 0.6) is 0 Å². The zero-order valence-corrected chi connectivity index (χ0v) is 21.9. The van der Waals surface area contributed by atoms with E-state index in [1.807, 2.05) is 13.8 Å². The summed E-state index contributed by atoms with van der Waals surface area (Å²) in [6.45, 7) is 27.5. The average Bonchev–Trinajstić information content (AvgIpc) is 2.45. The molecule has 0 aliphatic carbocycles. The Hall–Kier alpha value is -0.160. The van der Waals surface area contributed by atoms with Crippen molar-refractivity contribution in [2.75, 3.05) is 13.1 Å². The smallest absolute Gasteiger partial charge is 0.00154 e. The molecule has 0 saturated carbocycles. The monoisotopic (exact) mass is 404 g/mol. The molecule has 0 bridgehead atoms. The highest BCUT2D eigenvalue weighted by Crippen LogP contribution is 2.19. The SMILES string of the molecule is CC(C)(C)CCN.CC(N)CC(C)(C)C.CCC(C)(C)CN.CCCC(C)N. The lowest BCUT2D eigenvalue weighted by atomic mass is 9.89. The van der Waals surface area contributed by atoms with Crippen molar-refractivity contribution in [2.45, 2.75) is 127 Å². The van der Waals surface area contributed by atoms with Crippen LogP contribution in [0.1, 0.15) is 115 Å². The maximum absolute atomic E-state index is 5.58. The van der Waals surface area contributed by atoms with Gasteiger partial charge in [-0.3, -0.25) is 0 Å². The Bertz CT molecular complexity index is 291. The zero-order valence-electron chi connectivity index (χ0n) is 21.9. The summed E-state index contributed by atoms with van der Waals surface area (Å²) in [5.41, 5.74) is 22.9. The van der Waals surface area contributed by atoms with E-state index in [4.69, 9.17) is 22.9 Å². The second-order valence-corrected chi connectivity index (χ2v) is 11.3. The Morgan fingerprint density at radius 1 is 0.714 bits per heavy atom. The molecule has 2 unspecified atom stereocenters. The van der Waals surface area contributed by atoms with Gasteiger partial charge in [-0.05, 0) is 68.9 Å². The quantitative estimate of drug-likeness (QED) is 0.458. The molecule has 0 aromatic heterocycles. The first-order valence-corrected chi connectivity index (χ1v) is 11.3. The number of rotatable bonds is 6. The molecular formula is C24H60N4. The molecule has 8 N–H and O–H groups in total. The summed E-state index contributed by atoms with van der Waals surface area (Å²) in [4.78, 5) is 0. The van der Waals surface area contributed by atoms with Gasteiger partial charge in [0.25, 0.3) is 0 Å². The van der Waals surface area contributed by atoms with Gasteiger partial charge in [0.15, 0.2) is 0 Å². The van der Waals surface area contributed by atoms with Crippen LogP contribution < -0.4 is 22.9 Å². The van der Waals surface area contributed by atoms with Gasteiger partial charge in [0.2, 0.25) is 0 Å². The first-order chi connectivity index (χ1) is 12.4. The van der Waals surface area contributed by atoms with Gasteiger partial charge in [-0.25, -0.2) is 0 Å². The number of hydrogen-bond donors (Lipinski definition) is 4. The fourth-order valence-corrected chi connectivity index (χ4v) is 2.00. The molecule has 28 heavy (non-hydrogen) atoms. The molecule has 0 saturated heterocycles. The molecule has 0 rings (SSSR count). The molecule has 0 spiro atoms. The van der Waals surface area contributed by atoms with Crippen LogP contribution in [0, 0.1) is 16.2 Å². The Balaban J connectivity index is -0.000000138. The highest BCUT2D eigenvalue weighted by atomic mass is 14.6. The van der Waals surface area contributed by atoms with Gasteiger partial charge in [-0.15, -0.1) is 0 Å². The van der Waals surface area contributed by atoms with Crippen molar-refractivity contribution in [3.8, 4) is 0 Å². The van der Waals surface area contributed by atoms with Gasteiger partial charge in [0.05, 0.1) is 0 Å². The summed E-state index contributed by atoms with van der Waals surface area (Å²) >= 11 is 0. The van der Waals surface area contributed by atoms with Crippen LogP contribution in [0.25, 0.3) is 0 Å². The summed E-state index contributed by atoms with van der Waals surface area (Å²) < 4.78 is 0. The normalized spacial score (nSPS) is 13.7. The first-order valence-electron chi connectivity index (χ1n) is 11.3. The lowest BCUT2D eigenvalue weighted by Gasteiger charge is -2.19. The minimum Gasteiger partial charge on any atom is -0.330 e. The van der Waals surface area contributed by atoms with E-state index < -0.39 is 0 Å². The highest BCUT2D eigenvalue weighted by Gasteiger charge is 2.11. The van der Waals surface area contributed by atoms with Crippen molar-refractivity contribution in [1.29, 1.82) is 0 Å². The molecule has 4 nitrogen and oxygen atoms in total. The summed E-state index contributed by atoms with van der Waals surface area (Å²) in [5.74, 6) is 0. The lowest BCUT2D eigenvalue weighted by Crippen LogP contribution is -2.22. The average molecular weight is 405 g/mol. The summed E-state index contributed by atoms with van der Waals surface area (Å²) in [6.07, 6.45) is 5.75. The molecular weight excluding hydrogens is 344 g/mol. The Morgan fingerprint density at radius 2 is 1.14 bits per heavy atom. The zero-order chi connectivity index (χ0) is 23.6. The van der Waals surface area contributed by atoms with Crippen molar-refractivity contribution in [3.05, 3.63) is 0 Å². The third-order valence-corrected chi connectivity index (χ3v) is 4.08. The maximum Gasteiger partial charge on any atom is 0.00154 e. The molecule has 0 amide bonds. The Labute approximate surface area is 180 Å². The molecule has 176 valence electrons. The third-order valence-electron chi connectivity index (χ3n) is 4.08. The number of nitrogens with two attached hydrogens (primary N) is 4. The van der Waals surface area contributed by atoms with Crippen molar-refractivity contribution in [1.82, 2.24) is 0 Å². The molecule has 0 aliphatic rings. The molecule has 0 radical (unpaired) electrons. The van der Waals surface area contributed by atoms with Crippen molar-refractivity contribution < 1.29 is 0 Å². The van der Waals surface area contributed by atoms with Gasteiger partial charge in [0.1, 0.15) is 0 Å². The van der Waals surface area contributed by atoms with Crippen molar-refractivity contribution in [3.63, 3.8) is 0 Å². The molecule has 0 aromatic carbocycles. The van der Waals surface area contributed by atoms with Gasteiger partial charge in [-0.2, -0.15) is 0 Å². The summed E-state index contributed by atoms with van der Waals surface area (Å²) in [7, 11) is 0. The topological polar surface area (TPSA) is 104 Å². The van der Waals surface area contributed by atoms with E-state index in [1.165, 1.54) is 12.8 Å². The van der Waals surface area contributed by atoms with E-state index in [0.717, 1.165) is 32.4 Å². The van der Waals surface area contributed by atoms with Crippen LogP contribution in [0.3, 0.4) is 0 Å². The van der Waals surface area contributed by atoms with Crippen LogP contribution in [-0.2, 0) is 0 Å². The van der Waals surface area contributed by atoms with Gasteiger partial charge < -0.3 is 22.9 Å². The van der Waals surface area contributed by atoms with Crippen LogP contribution in [-0.4, -0.2) is 25.2 Å². The van der Waals surface area contributed by atoms with E-state index in [-0.39, 0.29) is 0 Å². The van der Waals surface area contributed by atoms with Crippen LogP contribution >= 0.6 is 0 Å². The molecule has 2 atom stereocenters. The summed E-state index contributed by atoms with van der Waals surface area (Å²) in [6, 6.07) is 0.741. The van der Waals surface area contributed by atoms with E-state index in [2.05, 4.69) is 69.2 Å². The van der Waals surface area contributed by atoms with E-state index in [0.29, 0.717) is 28.3 Å². The van der Waals surface area contributed by atoms with Crippen LogP contribution in [0.15, 0.2) is 0 Å². The van der Waals surface area contributed by atoms with Gasteiger partial charge in [-0.1, -0.05) is 75.7 Å². The van der Waals surface area contributed by atoms with Crippen LogP contribution in [0.2, 0.25) is 0 Å². The second-order valence-electron chi connectivity index (χ2n) is 11.3. The third kappa shape index (κ3) is 50.1. The van der Waals surface area contributed by atoms with E-state index >= 15 is 0 Å². The Kier molecular flexibility index (Phi) is 23.7. The lowest BCUT2D eigenvalue weighted by molar-refractivity contribution is 0.349. The fraction of sp³-hybridized carbons (Fsp3) is 1.00. The van der Waals surface area contributed by atoms with E-state index in [9.17, 15) is 0 Å². The minimum absolute atomic E-state index is 0.343. The van der Waals surface area contributed by atoms with Gasteiger partial charge in [0, 0.05) is 12.1 Å². The molecule has 0 heterocycles. The predicted molar refractivity (Wildman–Crippen MR) is 133 cm³/mol. The Morgan fingerprint density at radius 3 is 1.14 bits per heavy atom. The molecule has 4 heteroatoms. The van der Waals surface area contributed by atoms with E-state index in [1.54, 1.807) is 0 Å². The molecule has 0 fully saturated rings. The molecule has 0 aliphatic heterocycles. The fourth-order valence-electron chi connectivity index (χ4n) is 2.00. The number of hydrogen-bond acceptors (Lipinski definition) is 4. The summed E-state index contributed by atoms with van der Waals surface area (Å²) in [5, 5.41) is 0. The maximum atomic E-state index is 5.58. The van der Waals surface area contributed by atoms with Crippen molar-refractivity contribution in [2.24, 2.45) is 39.2 Å².